The third-order valence-corrected chi connectivity index (χ3v) is 4.99. The van der Waals surface area contributed by atoms with E-state index in [0.717, 1.165) is 50.9 Å². The smallest absolute Gasteiger partial charge is 0.323 e. The predicted octanol–water partition coefficient (Wildman–Crippen LogP) is 1.06. The van der Waals surface area contributed by atoms with Crippen molar-refractivity contribution in [3.8, 4) is 0 Å². The highest BCUT2D eigenvalue weighted by molar-refractivity contribution is 5.77. The van der Waals surface area contributed by atoms with Gasteiger partial charge in [-0.3, -0.25) is 9.69 Å². The van der Waals surface area contributed by atoms with Gasteiger partial charge in [0, 0.05) is 45.3 Å². The second-order valence-electron chi connectivity index (χ2n) is 6.77. The maximum absolute atomic E-state index is 11.4. The highest BCUT2D eigenvalue weighted by Crippen LogP contribution is 2.24. The fraction of sp³-hybridized carbons (Fsp3) is 0.688. The summed E-state index contributed by atoms with van der Waals surface area (Å²) >= 11 is 0. The fourth-order valence-corrected chi connectivity index (χ4v) is 3.26. The fourth-order valence-electron chi connectivity index (χ4n) is 3.26. The summed E-state index contributed by atoms with van der Waals surface area (Å²) in [7, 11) is 0. The summed E-state index contributed by atoms with van der Waals surface area (Å²) in [6, 6.07) is 2.06. The van der Waals surface area contributed by atoms with Gasteiger partial charge >= 0.3 is 5.97 Å². The number of carboxylic acid groups (broad SMARTS) is 1. The Labute approximate surface area is 136 Å². The highest BCUT2D eigenvalue weighted by atomic mass is 16.4. The van der Waals surface area contributed by atoms with E-state index in [0.29, 0.717) is 0 Å². The van der Waals surface area contributed by atoms with E-state index < -0.39 is 11.5 Å². The molecule has 0 radical (unpaired) electrons. The maximum Gasteiger partial charge on any atom is 0.323 e. The molecule has 2 saturated heterocycles. The Hall–Kier alpha value is -1.89. The molecule has 0 saturated carbocycles. The van der Waals surface area contributed by atoms with Crippen LogP contribution in [0.5, 0.6) is 0 Å². The average molecular weight is 319 g/mol. The lowest BCUT2D eigenvalue weighted by atomic mass is 10.0. The van der Waals surface area contributed by atoms with Crippen molar-refractivity contribution >= 4 is 17.6 Å². The molecular formula is C16H25N5O2. The number of nitrogens with zero attached hydrogens (tertiary/aromatic N) is 5. The van der Waals surface area contributed by atoms with Gasteiger partial charge < -0.3 is 14.9 Å². The van der Waals surface area contributed by atoms with E-state index >= 15 is 0 Å². The molecule has 7 nitrogen and oxygen atoms in total. The van der Waals surface area contributed by atoms with Gasteiger partial charge in [-0.05, 0) is 26.7 Å². The number of carbonyl (C=O) groups is 1. The molecule has 2 aliphatic heterocycles. The van der Waals surface area contributed by atoms with Crippen LogP contribution in [0, 0.1) is 0 Å². The summed E-state index contributed by atoms with van der Waals surface area (Å²) < 4.78 is 0. The molecule has 1 aromatic rings. The van der Waals surface area contributed by atoms with Gasteiger partial charge in [-0.1, -0.05) is 0 Å². The zero-order valence-corrected chi connectivity index (χ0v) is 13.9. The minimum atomic E-state index is -0.821. The molecule has 2 fully saturated rings. The van der Waals surface area contributed by atoms with E-state index in [9.17, 15) is 9.90 Å². The van der Waals surface area contributed by atoms with E-state index in [1.807, 2.05) is 4.90 Å². The third-order valence-electron chi connectivity index (χ3n) is 4.99. The zero-order chi connectivity index (χ0) is 16.4. The van der Waals surface area contributed by atoms with Crippen molar-refractivity contribution in [3.63, 3.8) is 0 Å². The van der Waals surface area contributed by atoms with Crippen LogP contribution in [0.25, 0.3) is 0 Å². The standard InChI is InChI=1S/C16H25N5O2/c1-16(2,15(22)23)21-9-7-20(8-10-21)14-11-13(17-12-18-14)19-5-3-4-6-19/h11-12H,3-10H2,1-2H3,(H,22,23). The van der Waals surface area contributed by atoms with E-state index in [-0.39, 0.29) is 0 Å². The summed E-state index contributed by atoms with van der Waals surface area (Å²) in [5, 5.41) is 9.35. The van der Waals surface area contributed by atoms with Gasteiger partial charge in [-0.15, -0.1) is 0 Å². The van der Waals surface area contributed by atoms with Crippen LogP contribution in [0.2, 0.25) is 0 Å². The van der Waals surface area contributed by atoms with E-state index in [1.54, 1.807) is 20.2 Å². The second-order valence-corrected chi connectivity index (χ2v) is 6.77. The molecule has 2 aliphatic rings. The molecule has 0 aromatic carbocycles. The zero-order valence-electron chi connectivity index (χ0n) is 13.9. The number of anilines is 2. The molecule has 1 N–H and O–H groups in total. The van der Waals surface area contributed by atoms with Crippen molar-refractivity contribution in [2.45, 2.75) is 32.2 Å². The lowest BCUT2D eigenvalue weighted by Crippen LogP contribution is -2.58. The third kappa shape index (κ3) is 3.24. The molecule has 0 bridgehead atoms. The Morgan fingerprint density at radius 1 is 1.00 bits per heavy atom. The number of aromatic nitrogens is 2. The van der Waals surface area contributed by atoms with Gasteiger partial charge in [0.05, 0.1) is 0 Å². The molecule has 1 aromatic heterocycles. The van der Waals surface area contributed by atoms with Crippen molar-refractivity contribution in [1.82, 2.24) is 14.9 Å². The van der Waals surface area contributed by atoms with Gasteiger partial charge in [-0.25, -0.2) is 9.97 Å². The van der Waals surface area contributed by atoms with Crippen LogP contribution in [0.1, 0.15) is 26.7 Å². The van der Waals surface area contributed by atoms with Crippen molar-refractivity contribution in [2.24, 2.45) is 0 Å². The molecule has 7 heteroatoms. The van der Waals surface area contributed by atoms with Crippen LogP contribution >= 0.6 is 0 Å². The summed E-state index contributed by atoms with van der Waals surface area (Å²) in [5.41, 5.74) is -0.821. The number of aliphatic carboxylic acids is 1. The monoisotopic (exact) mass is 319 g/mol. The summed E-state index contributed by atoms with van der Waals surface area (Å²) in [6.07, 6.45) is 4.08. The summed E-state index contributed by atoms with van der Waals surface area (Å²) in [5.74, 6) is 1.17. The predicted molar refractivity (Wildman–Crippen MR) is 89.0 cm³/mol. The molecule has 3 heterocycles. The first kappa shape index (κ1) is 16.0. The highest BCUT2D eigenvalue weighted by Gasteiger charge is 2.36. The largest absolute Gasteiger partial charge is 0.480 e. The lowest BCUT2D eigenvalue weighted by molar-refractivity contribution is -0.149. The Balaban J connectivity index is 1.66. The molecule has 3 rings (SSSR count). The van der Waals surface area contributed by atoms with Crippen LogP contribution in [0.4, 0.5) is 11.6 Å². The number of carboxylic acids is 1. The second kappa shape index (κ2) is 6.31. The first-order chi connectivity index (χ1) is 11.0. The number of piperazine rings is 1. The maximum atomic E-state index is 11.4. The Morgan fingerprint density at radius 3 is 2.04 bits per heavy atom. The Kier molecular flexibility index (Phi) is 4.39. The molecule has 0 unspecified atom stereocenters. The summed E-state index contributed by atoms with van der Waals surface area (Å²) in [6.45, 7) is 8.68. The van der Waals surface area contributed by atoms with E-state index in [4.69, 9.17) is 0 Å². The Morgan fingerprint density at radius 2 is 1.52 bits per heavy atom. The van der Waals surface area contributed by atoms with Gasteiger partial charge in [0.25, 0.3) is 0 Å². The first-order valence-electron chi connectivity index (χ1n) is 8.29. The Bertz CT molecular complexity index is 563. The van der Waals surface area contributed by atoms with Crippen molar-refractivity contribution in [1.29, 1.82) is 0 Å². The summed E-state index contributed by atoms with van der Waals surface area (Å²) in [4.78, 5) is 26.7. The van der Waals surface area contributed by atoms with Crippen molar-refractivity contribution < 1.29 is 9.90 Å². The lowest BCUT2D eigenvalue weighted by Gasteiger charge is -2.42. The van der Waals surface area contributed by atoms with Crippen LogP contribution in [0.3, 0.4) is 0 Å². The minimum Gasteiger partial charge on any atom is -0.480 e. The molecule has 126 valence electrons. The van der Waals surface area contributed by atoms with Crippen LogP contribution in [-0.4, -0.2) is 70.8 Å². The van der Waals surface area contributed by atoms with Gasteiger partial charge in [-0.2, -0.15) is 0 Å². The first-order valence-corrected chi connectivity index (χ1v) is 8.29. The van der Waals surface area contributed by atoms with Gasteiger partial charge in [0.2, 0.25) is 0 Å². The van der Waals surface area contributed by atoms with E-state index in [2.05, 4.69) is 25.8 Å². The van der Waals surface area contributed by atoms with Gasteiger partial charge in [0.15, 0.2) is 0 Å². The molecule has 0 amide bonds. The molecule has 0 spiro atoms. The quantitative estimate of drug-likeness (QED) is 0.889. The van der Waals surface area contributed by atoms with Crippen LogP contribution < -0.4 is 9.80 Å². The van der Waals surface area contributed by atoms with E-state index in [1.165, 1.54) is 12.8 Å². The van der Waals surface area contributed by atoms with Crippen molar-refractivity contribution in [3.05, 3.63) is 12.4 Å². The molecular weight excluding hydrogens is 294 g/mol. The van der Waals surface area contributed by atoms with Crippen molar-refractivity contribution in [2.75, 3.05) is 49.1 Å². The normalized spacial score (nSPS) is 20.1. The van der Waals surface area contributed by atoms with Crippen LogP contribution in [0.15, 0.2) is 12.4 Å². The number of hydrogen-bond acceptors (Lipinski definition) is 6. The SMILES string of the molecule is CC(C)(C(=O)O)N1CCN(c2cc(N3CCCC3)ncn2)CC1. The molecule has 0 aliphatic carbocycles. The van der Waals surface area contributed by atoms with Gasteiger partial charge in [0.1, 0.15) is 23.5 Å². The number of hydrogen-bond donors (Lipinski definition) is 1. The number of rotatable bonds is 4. The average Bonchev–Trinajstić information content (AvgIpc) is 3.09. The molecule has 0 atom stereocenters. The minimum absolute atomic E-state index is 0.725. The van der Waals surface area contributed by atoms with Crippen LogP contribution in [-0.2, 0) is 4.79 Å². The topological polar surface area (TPSA) is 72.8 Å². The molecule has 23 heavy (non-hydrogen) atoms.